The monoisotopic (exact) mass is 245 g/mol. The lowest BCUT2D eigenvalue weighted by Gasteiger charge is -2.13. The van der Waals surface area contributed by atoms with E-state index >= 15 is 0 Å². The van der Waals surface area contributed by atoms with E-state index in [2.05, 4.69) is 4.72 Å². The van der Waals surface area contributed by atoms with Crippen LogP contribution in [-0.2, 0) is 14.8 Å². The lowest BCUT2D eigenvalue weighted by Crippen LogP contribution is -2.35. The Morgan fingerprint density at radius 3 is 2.44 bits per heavy atom. The molecule has 1 aromatic rings. The third-order valence-electron chi connectivity index (χ3n) is 1.92. The molecule has 0 amide bonds. The van der Waals surface area contributed by atoms with Crippen molar-refractivity contribution in [3.05, 3.63) is 24.3 Å². The lowest BCUT2D eigenvalue weighted by atomic mass is 10.3. The van der Waals surface area contributed by atoms with Crippen LogP contribution < -0.4 is 4.72 Å². The first-order valence-electron chi connectivity index (χ1n) is 4.76. The van der Waals surface area contributed by atoms with Crippen LogP contribution in [-0.4, -0.2) is 33.3 Å². The maximum absolute atomic E-state index is 11.8. The van der Waals surface area contributed by atoms with Crippen LogP contribution in [0.1, 0.15) is 6.92 Å². The zero-order chi connectivity index (χ0) is 12.2. The molecule has 6 heteroatoms. The van der Waals surface area contributed by atoms with Gasteiger partial charge in [0.15, 0.2) is 0 Å². The van der Waals surface area contributed by atoms with Crippen molar-refractivity contribution in [2.24, 2.45) is 0 Å². The molecule has 0 aliphatic carbocycles. The molecule has 1 aromatic carbocycles. The second-order valence-corrected chi connectivity index (χ2v) is 5.19. The smallest absolute Gasteiger partial charge is 0.240 e. The number of sulfonamides is 1. The van der Waals surface area contributed by atoms with Crippen molar-refractivity contribution >= 4 is 10.0 Å². The molecule has 1 unspecified atom stereocenters. The van der Waals surface area contributed by atoms with Gasteiger partial charge >= 0.3 is 0 Å². The largest absolute Gasteiger partial charge is 0.508 e. The van der Waals surface area contributed by atoms with Crippen LogP contribution in [0.4, 0.5) is 0 Å². The highest BCUT2D eigenvalue weighted by Crippen LogP contribution is 2.14. The highest BCUT2D eigenvalue weighted by Gasteiger charge is 2.16. The third-order valence-corrected chi connectivity index (χ3v) is 3.53. The zero-order valence-corrected chi connectivity index (χ0v) is 9.99. The summed E-state index contributed by atoms with van der Waals surface area (Å²) >= 11 is 0. The summed E-state index contributed by atoms with van der Waals surface area (Å²) in [7, 11) is -2.03. The molecule has 5 nitrogen and oxygen atoms in total. The Kier molecular flexibility index (Phi) is 4.28. The molecule has 0 spiro atoms. The molecule has 1 rings (SSSR count). The second kappa shape index (κ2) is 5.29. The molecule has 90 valence electrons. The first kappa shape index (κ1) is 13.0. The number of methoxy groups -OCH3 is 1. The minimum atomic E-state index is -3.54. The fraction of sp³-hybridized carbons (Fsp3) is 0.400. The quantitative estimate of drug-likeness (QED) is 0.801. The molecule has 0 heterocycles. The van der Waals surface area contributed by atoms with Crippen LogP contribution in [0.15, 0.2) is 29.2 Å². The van der Waals surface area contributed by atoms with Gasteiger partial charge in [0.2, 0.25) is 10.0 Å². The van der Waals surface area contributed by atoms with Gasteiger partial charge in [-0.2, -0.15) is 0 Å². The summed E-state index contributed by atoms with van der Waals surface area (Å²) in [5, 5.41) is 9.05. The molecule has 2 N–H and O–H groups in total. The Balaban J connectivity index is 2.82. The molecule has 0 radical (unpaired) electrons. The van der Waals surface area contributed by atoms with E-state index in [4.69, 9.17) is 9.84 Å². The topological polar surface area (TPSA) is 75.6 Å². The molecule has 0 bridgehead atoms. The summed E-state index contributed by atoms with van der Waals surface area (Å²) in [6.45, 7) is 2.01. The van der Waals surface area contributed by atoms with Crippen LogP contribution >= 0.6 is 0 Å². The predicted octanol–water partition coefficient (Wildman–Crippen LogP) is 0.705. The average molecular weight is 245 g/mol. The standard InChI is InChI=1S/C10H15NO4S/c1-8(7-15-2)11-16(13,14)10-5-3-9(12)4-6-10/h3-6,8,11-12H,7H2,1-2H3. The van der Waals surface area contributed by atoms with E-state index in [9.17, 15) is 8.42 Å². The number of hydrogen-bond donors (Lipinski definition) is 2. The number of hydrogen-bond acceptors (Lipinski definition) is 4. The number of benzene rings is 1. The Hall–Kier alpha value is -1.11. The highest BCUT2D eigenvalue weighted by molar-refractivity contribution is 7.89. The van der Waals surface area contributed by atoms with Crippen LogP contribution in [0.5, 0.6) is 5.75 Å². The highest BCUT2D eigenvalue weighted by atomic mass is 32.2. The minimum Gasteiger partial charge on any atom is -0.508 e. The number of ether oxygens (including phenoxy) is 1. The molecular formula is C10H15NO4S. The van der Waals surface area contributed by atoms with E-state index in [0.29, 0.717) is 6.61 Å². The number of phenols is 1. The normalized spacial score (nSPS) is 13.6. The summed E-state index contributed by atoms with van der Waals surface area (Å²) in [6.07, 6.45) is 0. The Morgan fingerprint density at radius 1 is 1.38 bits per heavy atom. The summed E-state index contributed by atoms with van der Waals surface area (Å²) in [6, 6.07) is 5.04. The van der Waals surface area contributed by atoms with Crippen LogP contribution in [0.3, 0.4) is 0 Å². The second-order valence-electron chi connectivity index (χ2n) is 3.47. The number of phenolic OH excluding ortho intramolecular Hbond substituents is 1. The van der Waals surface area contributed by atoms with Crippen LogP contribution in [0.2, 0.25) is 0 Å². The van der Waals surface area contributed by atoms with Gasteiger partial charge in [-0.05, 0) is 31.2 Å². The number of nitrogens with one attached hydrogen (secondary N) is 1. The SMILES string of the molecule is COCC(C)NS(=O)(=O)c1ccc(O)cc1. The Morgan fingerprint density at radius 2 is 1.94 bits per heavy atom. The number of rotatable bonds is 5. The summed E-state index contributed by atoms with van der Waals surface area (Å²) in [4.78, 5) is 0.119. The molecule has 16 heavy (non-hydrogen) atoms. The maximum Gasteiger partial charge on any atom is 0.240 e. The van der Waals surface area contributed by atoms with E-state index in [-0.39, 0.29) is 16.7 Å². The van der Waals surface area contributed by atoms with Gasteiger partial charge in [-0.3, -0.25) is 0 Å². The van der Waals surface area contributed by atoms with Crippen molar-refractivity contribution in [1.82, 2.24) is 4.72 Å². The molecule has 0 aliphatic heterocycles. The summed E-state index contributed by atoms with van der Waals surface area (Å²) in [5.41, 5.74) is 0. The van der Waals surface area contributed by atoms with Gasteiger partial charge in [-0.1, -0.05) is 0 Å². The third kappa shape index (κ3) is 3.48. The first-order valence-corrected chi connectivity index (χ1v) is 6.24. The van der Waals surface area contributed by atoms with Crippen molar-refractivity contribution in [3.63, 3.8) is 0 Å². The molecule has 0 fully saturated rings. The maximum atomic E-state index is 11.8. The van der Waals surface area contributed by atoms with E-state index in [0.717, 1.165) is 0 Å². The van der Waals surface area contributed by atoms with E-state index in [1.54, 1.807) is 6.92 Å². The predicted molar refractivity (Wildman–Crippen MR) is 59.8 cm³/mol. The van der Waals surface area contributed by atoms with Crippen molar-refractivity contribution < 1.29 is 18.3 Å². The molecule has 0 saturated heterocycles. The van der Waals surface area contributed by atoms with E-state index < -0.39 is 10.0 Å². The average Bonchev–Trinajstić information content (AvgIpc) is 2.17. The molecule has 0 aliphatic rings. The van der Waals surface area contributed by atoms with Gasteiger partial charge in [0.05, 0.1) is 11.5 Å². The first-order chi connectivity index (χ1) is 7.45. The summed E-state index contributed by atoms with van der Waals surface area (Å²) in [5.74, 6) is 0.0314. The van der Waals surface area contributed by atoms with Gasteiger partial charge in [0.1, 0.15) is 5.75 Å². The molecule has 0 aromatic heterocycles. The van der Waals surface area contributed by atoms with Gasteiger partial charge in [0.25, 0.3) is 0 Å². The fourth-order valence-corrected chi connectivity index (χ4v) is 2.47. The van der Waals surface area contributed by atoms with Crippen molar-refractivity contribution in [3.8, 4) is 5.75 Å². The zero-order valence-electron chi connectivity index (χ0n) is 9.17. The summed E-state index contributed by atoms with van der Waals surface area (Å²) < 4.78 is 30.9. The van der Waals surface area contributed by atoms with Gasteiger partial charge in [-0.15, -0.1) is 0 Å². The fourth-order valence-electron chi connectivity index (χ4n) is 1.24. The van der Waals surface area contributed by atoms with Crippen molar-refractivity contribution in [2.45, 2.75) is 17.9 Å². The Bertz CT molecular complexity index is 427. The van der Waals surface area contributed by atoms with E-state index in [1.165, 1.54) is 31.4 Å². The van der Waals surface area contributed by atoms with Crippen molar-refractivity contribution in [1.29, 1.82) is 0 Å². The van der Waals surface area contributed by atoms with Crippen molar-refractivity contribution in [2.75, 3.05) is 13.7 Å². The lowest BCUT2D eigenvalue weighted by molar-refractivity contribution is 0.180. The minimum absolute atomic E-state index is 0.0314. The molecule has 1 atom stereocenters. The van der Waals surface area contributed by atoms with E-state index in [1.807, 2.05) is 0 Å². The van der Waals surface area contributed by atoms with Crippen LogP contribution in [0.25, 0.3) is 0 Å². The van der Waals surface area contributed by atoms with Gasteiger partial charge in [0, 0.05) is 13.2 Å². The molecular weight excluding hydrogens is 230 g/mol. The number of aromatic hydroxyl groups is 1. The van der Waals surface area contributed by atoms with Gasteiger partial charge < -0.3 is 9.84 Å². The molecule has 0 saturated carbocycles. The van der Waals surface area contributed by atoms with Crippen LogP contribution in [0, 0.1) is 0 Å². The Labute approximate surface area is 95.1 Å². The van der Waals surface area contributed by atoms with Gasteiger partial charge in [-0.25, -0.2) is 13.1 Å².